The molecule has 1 aliphatic heterocycles. The quantitative estimate of drug-likeness (QED) is 0.908. The highest BCUT2D eigenvalue weighted by Crippen LogP contribution is 2.44. The van der Waals surface area contributed by atoms with Crippen molar-refractivity contribution in [3.05, 3.63) is 29.0 Å². The molecule has 2 heterocycles. The van der Waals surface area contributed by atoms with Crippen LogP contribution in [0.25, 0.3) is 11.3 Å². The molecule has 0 amide bonds. The van der Waals surface area contributed by atoms with E-state index in [9.17, 15) is 4.79 Å². The maximum Gasteiger partial charge on any atom is 0.356 e. The van der Waals surface area contributed by atoms with Crippen molar-refractivity contribution in [2.45, 2.75) is 13.8 Å². The molecule has 1 aromatic carbocycles. The van der Waals surface area contributed by atoms with Gasteiger partial charge < -0.3 is 14.6 Å². The fourth-order valence-electron chi connectivity index (χ4n) is 2.38. The Morgan fingerprint density at radius 1 is 1.35 bits per heavy atom. The van der Waals surface area contributed by atoms with Crippen LogP contribution in [0.4, 0.5) is 0 Å². The van der Waals surface area contributed by atoms with Crippen LogP contribution >= 0.6 is 0 Å². The zero-order valence-corrected chi connectivity index (χ0v) is 11.4. The highest BCUT2D eigenvalue weighted by Gasteiger charge is 2.25. The summed E-state index contributed by atoms with van der Waals surface area (Å²) < 4.78 is 12.5. The van der Waals surface area contributed by atoms with E-state index in [0.717, 1.165) is 16.7 Å². The number of carbonyl (C=O) groups is 1. The van der Waals surface area contributed by atoms with Crippen LogP contribution in [-0.4, -0.2) is 27.6 Å². The van der Waals surface area contributed by atoms with E-state index in [4.69, 9.17) is 14.6 Å². The molecule has 0 unspecified atom stereocenters. The number of aromatic nitrogens is 2. The number of rotatable bonds is 2. The zero-order valence-electron chi connectivity index (χ0n) is 11.4. The number of ether oxygens (including phenoxy) is 2. The van der Waals surface area contributed by atoms with Crippen molar-refractivity contribution in [2.24, 2.45) is 7.05 Å². The minimum absolute atomic E-state index is 0.0103. The van der Waals surface area contributed by atoms with E-state index >= 15 is 0 Å². The number of carboxylic acids is 1. The molecule has 0 spiro atoms. The number of fused-ring (bicyclic) bond motifs is 1. The highest BCUT2D eigenvalue weighted by atomic mass is 16.7. The fourth-order valence-corrected chi connectivity index (χ4v) is 2.38. The predicted octanol–water partition coefficient (Wildman–Crippen LogP) is 2.13. The summed E-state index contributed by atoms with van der Waals surface area (Å²) in [6, 6.07) is 3.47. The van der Waals surface area contributed by atoms with E-state index in [1.165, 1.54) is 0 Å². The van der Waals surface area contributed by atoms with E-state index in [1.807, 2.05) is 19.9 Å². The first-order valence-corrected chi connectivity index (χ1v) is 6.16. The summed E-state index contributed by atoms with van der Waals surface area (Å²) in [6.07, 6.45) is 0. The minimum Gasteiger partial charge on any atom is -0.476 e. The molecule has 0 saturated carbocycles. The molecule has 1 N–H and O–H groups in total. The molecule has 20 heavy (non-hydrogen) atoms. The lowest BCUT2D eigenvalue weighted by molar-refractivity contribution is 0.0689. The summed E-state index contributed by atoms with van der Waals surface area (Å²) in [5, 5.41) is 13.1. The summed E-state index contributed by atoms with van der Waals surface area (Å²) in [5.41, 5.74) is 3.62. The molecular formula is C14H14N2O4. The van der Waals surface area contributed by atoms with Gasteiger partial charge in [-0.25, -0.2) is 4.79 Å². The molecular weight excluding hydrogens is 260 g/mol. The molecule has 104 valence electrons. The molecule has 0 fully saturated rings. The first kappa shape index (κ1) is 12.5. The first-order chi connectivity index (χ1) is 9.49. The topological polar surface area (TPSA) is 73.6 Å². The molecule has 3 rings (SSSR count). The Morgan fingerprint density at radius 3 is 2.75 bits per heavy atom. The smallest absolute Gasteiger partial charge is 0.356 e. The third-order valence-corrected chi connectivity index (χ3v) is 3.54. The fraction of sp³-hybridized carbons (Fsp3) is 0.286. The van der Waals surface area contributed by atoms with Crippen molar-refractivity contribution in [3.63, 3.8) is 0 Å². The Morgan fingerprint density at radius 2 is 2.10 bits per heavy atom. The summed E-state index contributed by atoms with van der Waals surface area (Å²) in [4.78, 5) is 11.1. The van der Waals surface area contributed by atoms with Gasteiger partial charge in [-0.3, -0.25) is 4.68 Å². The van der Waals surface area contributed by atoms with Gasteiger partial charge >= 0.3 is 5.97 Å². The second kappa shape index (κ2) is 4.26. The normalized spacial score (nSPS) is 12.8. The Balaban J connectivity index is 2.27. The van der Waals surface area contributed by atoms with Crippen molar-refractivity contribution in [3.8, 4) is 22.8 Å². The van der Waals surface area contributed by atoms with Crippen LogP contribution in [0.5, 0.6) is 11.5 Å². The Bertz CT molecular complexity index is 718. The summed E-state index contributed by atoms with van der Waals surface area (Å²) >= 11 is 0. The van der Waals surface area contributed by atoms with Crippen molar-refractivity contribution >= 4 is 5.97 Å². The summed E-state index contributed by atoms with van der Waals surface area (Å²) in [7, 11) is 1.71. The van der Waals surface area contributed by atoms with Crippen molar-refractivity contribution in [1.82, 2.24) is 9.78 Å². The second-order valence-electron chi connectivity index (χ2n) is 4.77. The molecule has 0 bridgehead atoms. The van der Waals surface area contributed by atoms with Crippen LogP contribution < -0.4 is 9.47 Å². The van der Waals surface area contributed by atoms with E-state index in [2.05, 4.69) is 5.10 Å². The number of nitrogens with zero attached hydrogens (tertiary/aromatic N) is 2. The first-order valence-electron chi connectivity index (χ1n) is 6.16. The molecule has 0 saturated heterocycles. The molecule has 6 nitrogen and oxygen atoms in total. The molecule has 1 aromatic heterocycles. The van der Waals surface area contributed by atoms with Gasteiger partial charge in [-0.1, -0.05) is 0 Å². The lowest BCUT2D eigenvalue weighted by atomic mass is 9.98. The van der Waals surface area contributed by atoms with Gasteiger partial charge in [0, 0.05) is 12.6 Å². The number of aryl methyl sites for hydroxylation is 2. The minimum atomic E-state index is -1.05. The number of carboxylic acid groups (broad SMARTS) is 1. The molecule has 2 aromatic rings. The standard InChI is InChI=1S/C14H14N2O4/c1-7-4-11-13(20-6-19-11)12(8(7)2)10-5-9(14(17)18)15-16(10)3/h4-5H,6H2,1-3H3,(H,17,18). The third kappa shape index (κ3) is 1.72. The molecule has 1 aliphatic rings. The summed E-state index contributed by atoms with van der Waals surface area (Å²) in [6.45, 7) is 4.13. The van der Waals surface area contributed by atoms with E-state index in [-0.39, 0.29) is 12.5 Å². The van der Waals surface area contributed by atoms with E-state index in [1.54, 1.807) is 17.8 Å². The lowest BCUT2D eigenvalue weighted by Gasteiger charge is -2.12. The summed E-state index contributed by atoms with van der Waals surface area (Å²) in [5.74, 6) is 0.278. The lowest BCUT2D eigenvalue weighted by Crippen LogP contribution is -2.00. The number of hydrogen-bond donors (Lipinski definition) is 1. The largest absolute Gasteiger partial charge is 0.476 e. The maximum absolute atomic E-state index is 11.1. The van der Waals surface area contributed by atoms with Gasteiger partial charge in [-0.2, -0.15) is 5.10 Å². The van der Waals surface area contributed by atoms with Gasteiger partial charge in [0.15, 0.2) is 17.2 Å². The molecule has 6 heteroatoms. The van der Waals surface area contributed by atoms with Gasteiger partial charge in [-0.05, 0) is 37.1 Å². The van der Waals surface area contributed by atoms with Crippen molar-refractivity contribution < 1.29 is 19.4 Å². The van der Waals surface area contributed by atoms with E-state index < -0.39 is 5.97 Å². The van der Waals surface area contributed by atoms with Gasteiger partial charge in [0.05, 0.1) is 5.69 Å². The van der Waals surface area contributed by atoms with Gasteiger partial charge in [-0.15, -0.1) is 0 Å². The average molecular weight is 274 g/mol. The Labute approximate surface area is 115 Å². The number of aromatic carboxylic acids is 1. The second-order valence-corrected chi connectivity index (χ2v) is 4.77. The third-order valence-electron chi connectivity index (χ3n) is 3.54. The van der Waals surface area contributed by atoms with E-state index in [0.29, 0.717) is 17.2 Å². The zero-order chi connectivity index (χ0) is 14.4. The van der Waals surface area contributed by atoms with Gasteiger partial charge in [0.2, 0.25) is 6.79 Å². The van der Waals surface area contributed by atoms with Crippen LogP contribution in [0.1, 0.15) is 21.6 Å². The van der Waals surface area contributed by atoms with Crippen molar-refractivity contribution in [2.75, 3.05) is 6.79 Å². The highest BCUT2D eigenvalue weighted by molar-refractivity contribution is 5.88. The van der Waals surface area contributed by atoms with Crippen molar-refractivity contribution in [1.29, 1.82) is 0 Å². The molecule has 0 radical (unpaired) electrons. The molecule has 0 aliphatic carbocycles. The predicted molar refractivity (Wildman–Crippen MR) is 71.2 cm³/mol. The SMILES string of the molecule is Cc1cc2c(c(-c3cc(C(=O)O)nn3C)c1C)OCO2. The van der Waals surface area contributed by atoms with Crippen LogP contribution in [0.15, 0.2) is 12.1 Å². The van der Waals surface area contributed by atoms with Crippen LogP contribution in [0.3, 0.4) is 0 Å². The maximum atomic E-state index is 11.1. The average Bonchev–Trinajstić information content (AvgIpc) is 2.98. The van der Waals surface area contributed by atoms with Crippen LogP contribution in [-0.2, 0) is 7.05 Å². The van der Waals surface area contributed by atoms with Gasteiger partial charge in [0.25, 0.3) is 0 Å². The Hall–Kier alpha value is -2.50. The van der Waals surface area contributed by atoms with Crippen LogP contribution in [0.2, 0.25) is 0 Å². The van der Waals surface area contributed by atoms with Gasteiger partial charge in [0.1, 0.15) is 0 Å². The monoisotopic (exact) mass is 274 g/mol. The Kier molecular flexibility index (Phi) is 2.67. The van der Waals surface area contributed by atoms with Crippen LogP contribution in [0, 0.1) is 13.8 Å². The number of hydrogen-bond acceptors (Lipinski definition) is 4. The number of benzene rings is 1. The molecule has 0 atom stereocenters.